The Kier molecular flexibility index (Phi) is 6.56. The standard InChI is InChI=1S/C25H34N2O/c1-17-9-6-12-23(19(17)3)21(5)27-14-8-11-22(16-27)15-26-25(28)24-13-7-10-18(2)20(24)4/h6-7,9-10,12-13,21-22H,8,11,14-16H2,1-5H3,(H,26,28). The molecule has 1 N–H and O–H groups in total. The molecule has 1 heterocycles. The third-order valence-corrected chi connectivity index (χ3v) is 6.60. The van der Waals surface area contributed by atoms with Gasteiger partial charge in [-0.15, -0.1) is 0 Å². The van der Waals surface area contributed by atoms with Crippen LogP contribution in [0.25, 0.3) is 0 Å². The van der Waals surface area contributed by atoms with E-state index < -0.39 is 0 Å². The van der Waals surface area contributed by atoms with E-state index in [1.165, 1.54) is 35.1 Å². The number of nitrogens with zero attached hydrogens (tertiary/aromatic N) is 1. The monoisotopic (exact) mass is 378 g/mol. The molecule has 3 heteroatoms. The van der Waals surface area contributed by atoms with Gasteiger partial charge < -0.3 is 5.32 Å². The number of carbonyl (C=O) groups excluding carboxylic acids is 1. The van der Waals surface area contributed by atoms with Crippen LogP contribution >= 0.6 is 0 Å². The minimum absolute atomic E-state index is 0.0564. The summed E-state index contributed by atoms with van der Waals surface area (Å²) >= 11 is 0. The molecule has 0 aliphatic carbocycles. The van der Waals surface area contributed by atoms with Crippen molar-refractivity contribution in [2.75, 3.05) is 19.6 Å². The van der Waals surface area contributed by atoms with E-state index >= 15 is 0 Å². The number of nitrogens with one attached hydrogen (secondary N) is 1. The molecule has 0 saturated carbocycles. The van der Waals surface area contributed by atoms with E-state index in [9.17, 15) is 4.79 Å². The highest BCUT2D eigenvalue weighted by atomic mass is 16.1. The van der Waals surface area contributed by atoms with Gasteiger partial charge in [0.25, 0.3) is 5.91 Å². The maximum atomic E-state index is 12.7. The van der Waals surface area contributed by atoms with E-state index in [-0.39, 0.29) is 5.91 Å². The summed E-state index contributed by atoms with van der Waals surface area (Å²) in [5.74, 6) is 0.566. The molecule has 1 amide bonds. The summed E-state index contributed by atoms with van der Waals surface area (Å²) < 4.78 is 0. The number of carbonyl (C=O) groups is 1. The Hall–Kier alpha value is -2.13. The van der Waals surface area contributed by atoms with E-state index in [0.717, 1.165) is 30.8 Å². The Morgan fingerprint density at radius 2 is 1.75 bits per heavy atom. The van der Waals surface area contributed by atoms with E-state index in [2.05, 4.69) is 62.2 Å². The molecule has 28 heavy (non-hydrogen) atoms. The molecule has 150 valence electrons. The van der Waals surface area contributed by atoms with E-state index in [1.807, 2.05) is 19.1 Å². The number of amides is 1. The number of rotatable bonds is 5. The predicted octanol–water partition coefficient (Wildman–Crippen LogP) is 5.12. The summed E-state index contributed by atoms with van der Waals surface area (Å²) in [6, 6.07) is 13.0. The molecule has 0 spiro atoms. The fourth-order valence-corrected chi connectivity index (χ4v) is 4.37. The Bertz CT molecular complexity index is 842. The van der Waals surface area contributed by atoms with Gasteiger partial charge in [0, 0.05) is 24.7 Å². The van der Waals surface area contributed by atoms with Gasteiger partial charge >= 0.3 is 0 Å². The molecular formula is C25H34N2O. The van der Waals surface area contributed by atoms with Gasteiger partial charge in [-0.3, -0.25) is 9.69 Å². The van der Waals surface area contributed by atoms with Gasteiger partial charge in [0.2, 0.25) is 0 Å². The Labute approximate surface area is 170 Å². The lowest BCUT2D eigenvalue weighted by molar-refractivity contribution is 0.0916. The summed E-state index contributed by atoms with van der Waals surface area (Å²) in [4.78, 5) is 15.2. The van der Waals surface area contributed by atoms with Gasteiger partial charge in [-0.1, -0.05) is 30.3 Å². The zero-order chi connectivity index (χ0) is 20.3. The highest BCUT2D eigenvalue weighted by Crippen LogP contribution is 2.29. The average molecular weight is 379 g/mol. The van der Waals surface area contributed by atoms with Crippen molar-refractivity contribution in [2.45, 2.75) is 53.5 Å². The van der Waals surface area contributed by atoms with Crippen LogP contribution in [0.1, 0.15) is 64.0 Å². The minimum atomic E-state index is 0.0564. The summed E-state index contributed by atoms with van der Waals surface area (Å²) in [5, 5.41) is 3.19. The molecule has 2 unspecified atom stereocenters. The molecule has 1 saturated heterocycles. The van der Waals surface area contributed by atoms with Crippen LogP contribution in [0.3, 0.4) is 0 Å². The first-order valence-electron chi connectivity index (χ1n) is 10.5. The molecule has 2 aromatic carbocycles. The van der Waals surface area contributed by atoms with Crippen molar-refractivity contribution in [3.8, 4) is 0 Å². The number of piperidine rings is 1. The lowest BCUT2D eigenvalue weighted by Gasteiger charge is -2.37. The van der Waals surface area contributed by atoms with Gasteiger partial charge in [-0.05, 0) is 93.8 Å². The first-order valence-corrected chi connectivity index (χ1v) is 10.5. The highest BCUT2D eigenvalue weighted by Gasteiger charge is 2.25. The lowest BCUT2D eigenvalue weighted by atomic mass is 9.92. The minimum Gasteiger partial charge on any atom is -0.352 e. The Morgan fingerprint density at radius 1 is 1.07 bits per heavy atom. The predicted molar refractivity (Wildman–Crippen MR) is 117 cm³/mol. The zero-order valence-electron chi connectivity index (χ0n) is 18.0. The van der Waals surface area contributed by atoms with Gasteiger partial charge in [-0.25, -0.2) is 0 Å². The fourth-order valence-electron chi connectivity index (χ4n) is 4.37. The van der Waals surface area contributed by atoms with Crippen LogP contribution in [0.5, 0.6) is 0 Å². The quantitative estimate of drug-likeness (QED) is 0.783. The molecule has 0 radical (unpaired) electrons. The molecule has 2 atom stereocenters. The normalized spacial score (nSPS) is 18.7. The molecule has 1 aliphatic rings. The second-order valence-electron chi connectivity index (χ2n) is 8.43. The van der Waals surface area contributed by atoms with Gasteiger partial charge in [0.15, 0.2) is 0 Å². The second kappa shape index (κ2) is 8.91. The van der Waals surface area contributed by atoms with Crippen LogP contribution in [-0.2, 0) is 0 Å². The molecule has 2 aromatic rings. The molecule has 3 nitrogen and oxygen atoms in total. The van der Waals surface area contributed by atoms with Crippen LogP contribution in [0.2, 0.25) is 0 Å². The number of benzene rings is 2. The van der Waals surface area contributed by atoms with Crippen LogP contribution < -0.4 is 5.32 Å². The molecule has 3 rings (SSSR count). The molecular weight excluding hydrogens is 344 g/mol. The van der Waals surface area contributed by atoms with Crippen molar-refractivity contribution in [1.29, 1.82) is 0 Å². The SMILES string of the molecule is Cc1cccc(C(=O)NCC2CCCN(C(C)c3cccc(C)c3C)C2)c1C. The Balaban J connectivity index is 1.61. The topological polar surface area (TPSA) is 32.3 Å². The van der Waals surface area contributed by atoms with Crippen molar-refractivity contribution in [2.24, 2.45) is 5.92 Å². The van der Waals surface area contributed by atoms with Crippen molar-refractivity contribution in [1.82, 2.24) is 10.2 Å². The van der Waals surface area contributed by atoms with Crippen LogP contribution in [0.15, 0.2) is 36.4 Å². The van der Waals surface area contributed by atoms with Crippen LogP contribution in [0, 0.1) is 33.6 Å². The van der Waals surface area contributed by atoms with Crippen LogP contribution in [0.4, 0.5) is 0 Å². The third-order valence-electron chi connectivity index (χ3n) is 6.60. The summed E-state index contributed by atoms with van der Waals surface area (Å²) in [6.45, 7) is 13.7. The van der Waals surface area contributed by atoms with Crippen molar-refractivity contribution < 1.29 is 4.79 Å². The van der Waals surface area contributed by atoms with Crippen molar-refractivity contribution in [3.05, 3.63) is 69.8 Å². The van der Waals surface area contributed by atoms with Crippen LogP contribution in [-0.4, -0.2) is 30.4 Å². The molecule has 0 bridgehead atoms. The van der Waals surface area contributed by atoms with Gasteiger partial charge in [0.05, 0.1) is 0 Å². The maximum absolute atomic E-state index is 12.7. The average Bonchev–Trinajstić information content (AvgIpc) is 2.70. The number of likely N-dealkylation sites (tertiary alicyclic amines) is 1. The van der Waals surface area contributed by atoms with E-state index in [4.69, 9.17) is 0 Å². The second-order valence-corrected chi connectivity index (χ2v) is 8.43. The summed E-state index contributed by atoms with van der Waals surface area (Å²) in [6.07, 6.45) is 2.38. The zero-order valence-corrected chi connectivity index (χ0v) is 18.0. The summed E-state index contributed by atoms with van der Waals surface area (Å²) in [5.41, 5.74) is 7.24. The van der Waals surface area contributed by atoms with Gasteiger partial charge in [-0.2, -0.15) is 0 Å². The highest BCUT2D eigenvalue weighted by molar-refractivity contribution is 5.95. The van der Waals surface area contributed by atoms with E-state index in [0.29, 0.717) is 12.0 Å². The number of hydrogen-bond donors (Lipinski definition) is 1. The molecule has 0 aromatic heterocycles. The molecule has 1 fully saturated rings. The largest absolute Gasteiger partial charge is 0.352 e. The summed E-state index contributed by atoms with van der Waals surface area (Å²) in [7, 11) is 0. The van der Waals surface area contributed by atoms with Gasteiger partial charge in [0.1, 0.15) is 0 Å². The first-order chi connectivity index (χ1) is 13.4. The first kappa shape index (κ1) is 20.6. The molecule has 1 aliphatic heterocycles. The van der Waals surface area contributed by atoms with Crippen molar-refractivity contribution >= 4 is 5.91 Å². The third kappa shape index (κ3) is 4.47. The lowest BCUT2D eigenvalue weighted by Crippen LogP contribution is -2.42. The van der Waals surface area contributed by atoms with Crippen molar-refractivity contribution in [3.63, 3.8) is 0 Å². The fraction of sp³-hybridized carbons (Fsp3) is 0.480. The smallest absolute Gasteiger partial charge is 0.251 e. The maximum Gasteiger partial charge on any atom is 0.251 e. The number of aryl methyl sites for hydroxylation is 2. The number of hydrogen-bond acceptors (Lipinski definition) is 2. The Morgan fingerprint density at radius 3 is 2.50 bits per heavy atom. The van der Waals surface area contributed by atoms with E-state index in [1.54, 1.807) is 0 Å².